The number of fused-ring (bicyclic) bond motifs is 1. The molecule has 2 aromatic rings. The molecule has 1 saturated heterocycles. The molecule has 1 aromatic carbocycles. The average molecular weight is 307 g/mol. The topological polar surface area (TPSA) is 109 Å². The second-order valence-electron chi connectivity index (χ2n) is 5.32. The van der Waals surface area contributed by atoms with Crippen LogP contribution < -0.4 is 9.80 Å². The first-order valence-corrected chi connectivity index (χ1v) is 7.14. The average Bonchev–Trinajstić information content (AvgIpc) is 3.16. The Morgan fingerprint density at radius 2 is 2.09 bits per heavy atom. The van der Waals surface area contributed by atoms with Crippen LogP contribution in [0.2, 0.25) is 0 Å². The Hall–Kier alpha value is -2.42. The fraction of sp³-hybridized carbons (Fsp3) is 0.538. The third-order valence-electron chi connectivity index (χ3n) is 3.95. The Kier molecular flexibility index (Phi) is 3.80. The lowest BCUT2D eigenvalue weighted by Crippen LogP contribution is -2.24. The number of hydrogen-bond donors (Lipinski definition) is 1. The van der Waals surface area contributed by atoms with Crippen molar-refractivity contribution in [2.24, 2.45) is 0 Å². The molecule has 0 aliphatic carbocycles. The van der Waals surface area contributed by atoms with E-state index in [1.54, 1.807) is 18.0 Å². The molecule has 22 heavy (non-hydrogen) atoms. The number of aliphatic hydroxyl groups is 1. The molecule has 9 nitrogen and oxygen atoms in total. The summed E-state index contributed by atoms with van der Waals surface area (Å²) in [7, 11) is 1.70. The predicted octanol–water partition coefficient (Wildman–Crippen LogP) is 1.16. The highest BCUT2D eigenvalue weighted by atomic mass is 16.6. The van der Waals surface area contributed by atoms with Gasteiger partial charge in [0.15, 0.2) is 5.52 Å². The number of hydrogen-bond acceptors (Lipinski definition) is 8. The van der Waals surface area contributed by atoms with Gasteiger partial charge in [0.2, 0.25) is 5.52 Å². The fourth-order valence-corrected chi connectivity index (χ4v) is 2.84. The van der Waals surface area contributed by atoms with Crippen LogP contribution >= 0.6 is 0 Å². The Labute approximate surface area is 126 Å². The number of nitro benzene ring substituents is 1. The van der Waals surface area contributed by atoms with Gasteiger partial charge in [-0.25, -0.2) is 4.63 Å². The van der Waals surface area contributed by atoms with Crippen LogP contribution in [0.5, 0.6) is 0 Å². The highest BCUT2D eigenvalue weighted by Crippen LogP contribution is 2.40. The minimum atomic E-state index is -0.483. The van der Waals surface area contributed by atoms with Crippen molar-refractivity contribution in [3.8, 4) is 0 Å². The van der Waals surface area contributed by atoms with Crippen LogP contribution in [0.15, 0.2) is 10.7 Å². The molecule has 0 bridgehead atoms. The molecular formula is C13H17N5O4. The zero-order valence-corrected chi connectivity index (χ0v) is 12.2. The Bertz CT molecular complexity index is 695. The largest absolute Gasteiger partial charge is 0.395 e. The van der Waals surface area contributed by atoms with Crippen molar-refractivity contribution in [1.82, 2.24) is 10.3 Å². The van der Waals surface area contributed by atoms with Gasteiger partial charge in [0, 0.05) is 26.7 Å². The SMILES string of the molecule is CN(CCO)c1cc(N2CCCC2)c2nonc2c1[N+](=O)[O-]. The molecule has 0 spiro atoms. The number of nitro groups is 1. The lowest BCUT2D eigenvalue weighted by atomic mass is 10.1. The van der Waals surface area contributed by atoms with Gasteiger partial charge in [-0.1, -0.05) is 0 Å². The molecule has 1 aliphatic rings. The molecular weight excluding hydrogens is 290 g/mol. The van der Waals surface area contributed by atoms with Crippen LogP contribution in [0, 0.1) is 10.1 Å². The van der Waals surface area contributed by atoms with E-state index in [1.165, 1.54) is 0 Å². The van der Waals surface area contributed by atoms with Gasteiger partial charge < -0.3 is 14.9 Å². The lowest BCUT2D eigenvalue weighted by Gasteiger charge is -2.22. The van der Waals surface area contributed by atoms with Gasteiger partial charge in [-0.15, -0.1) is 0 Å². The Balaban J connectivity index is 2.22. The summed E-state index contributed by atoms with van der Waals surface area (Å²) in [5.74, 6) is 0. The van der Waals surface area contributed by atoms with Crippen LogP contribution in [0.4, 0.5) is 17.1 Å². The van der Waals surface area contributed by atoms with Crippen LogP contribution in [0.3, 0.4) is 0 Å². The third-order valence-corrected chi connectivity index (χ3v) is 3.95. The maximum atomic E-state index is 11.5. The Morgan fingerprint density at radius 3 is 2.73 bits per heavy atom. The molecule has 0 atom stereocenters. The predicted molar refractivity (Wildman–Crippen MR) is 80.3 cm³/mol. The molecule has 0 radical (unpaired) electrons. The van der Waals surface area contributed by atoms with Gasteiger partial charge in [0.25, 0.3) is 0 Å². The molecule has 1 N–H and O–H groups in total. The Morgan fingerprint density at radius 1 is 1.41 bits per heavy atom. The summed E-state index contributed by atoms with van der Waals surface area (Å²) in [6.45, 7) is 1.95. The number of likely N-dealkylation sites (N-methyl/N-ethyl adjacent to an activating group) is 1. The van der Waals surface area contributed by atoms with Crippen molar-refractivity contribution < 1.29 is 14.7 Å². The van der Waals surface area contributed by atoms with E-state index in [4.69, 9.17) is 9.74 Å². The van der Waals surface area contributed by atoms with Crippen LogP contribution in [0.25, 0.3) is 11.0 Å². The molecule has 1 aliphatic heterocycles. The van der Waals surface area contributed by atoms with E-state index in [0.717, 1.165) is 31.6 Å². The van der Waals surface area contributed by atoms with E-state index in [9.17, 15) is 10.1 Å². The van der Waals surface area contributed by atoms with E-state index >= 15 is 0 Å². The molecule has 9 heteroatoms. The molecule has 2 heterocycles. The first-order chi connectivity index (χ1) is 10.6. The van der Waals surface area contributed by atoms with Crippen LogP contribution in [-0.4, -0.2) is 53.6 Å². The summed E-state index contributed by atoms with van der Waals surface area (Å²) >= 11 is 0. The number of aliphatic hydroxyl groups excluding tert-OH is 1. The normalized spacial score (nSPS) is 14.7. The van der Waals surface area contributed by atoms with E-state index in [-0.39, 0.29) is 24.4 Å². The summed E-state index contributed by atoms with van der Waals surface area (Å²) in [5.41, 5.74) is 1.61. The highest BCUT2D eigenvalue weighted by Gasteiger charge is 2.30. The van der Waals surface area contributed by atoms with E-state index < -0.39 is 4.92 Å². The van der Waals surface area contributed by atoms with Crippen LogP contribution in [0.1, 0.15) is 12.8 Å². The maximum absolute atomic E-state index is 11.5. The third kappa shape index (κ3) is 2.33. The number of aromatic nitrogens is 2. The maximum Gasteiger partial charge on any atom is 0.323 e. The second-order valence-corrected chi connectivity index (χ2v) is 5.32. The number of anilines is 2. The van der Waals surface area contributed by atoms with Gasteiger partial charge >= 0.3 is 5.69 Å². The summed E-state index contributed by atoms with van der Waals surface area (Å²) < 4.78 is 4.75. The number of benzene rings is 1. The van der Waals surface area contributed by atoms with Crippen molar-refractivity contribution in [3.63, 3.8) is 0 Å². The van der Waals surface area contributed by atoms with Gasteiger partial charge in [-0.3, -0.25) is 10.1 Å². The van der Waals surface area contributed by atoms with Crippen molar-refractivity contribution in [2.45, 2.75) is 12.8 Å². The van der Waals surface area contributed by atoms with Gasteiger partial charge in [-0.05, 0) is 29.2 Å². The minimum absolute atomic E-state index is 0.0954. The number of nitrogens with zero attached hydrogens (tertiary/aromatic N) is 5. The first kappa shape index (κ1) is 14.5. The molecule has 1 aromatic heterocycles. The minimum Gasteiger partial charge on any atom is -0.395 e. The highest BCUT2D eigenvalue weighted by molar-refractivity contribution is 6.00. The van der Waals surface area contributed by atoms with Crippen molar-refractivity contribution in [1.29, 1.82) is 0 Å². The molecule has 118 valence electrons. The summed E-state index contributed by atoms with van der Waals surface area (Å²) in [6, 6.07) is 1.74. The summed E-state index contributed by atoms with van der Waals surface area (Å²) in [4.78, 5) is 14.8. The fourth-order valence-electron chi connectivity index (χ4n) is 2.84. The van der Waals surface area contributed by atoms with E-state index in [1.807, 2.05) is 0 Å². The van der Waals surface area contributed by atoms with Crippen molar-refractivity contribution >= 4 is 28.1 Å². The zero-order valence-electron chi connectivity index (χ0n) is 12.2. The van der Waals surface area contributed by atoms with Gasteiger partial charge in [-0.2, -0.15) is 0 Å². The van der Waals surface area contributed by atoms with Gasteiger partial charge in [0.05, 0.1) is 17.2 Å². The zero-order chi connectivity index (χ0) is 15.7. The lowest BCUT2D eigenvalue weighted by molar-refractivity contribution is -0.382. The molecule has 0 unspecified atom stereocenters. The number of rotatable bonds is 5. The van der Waals surface area contributed by atoms with Crippen LogP contribution in [-0.2, 0) is 0 Å². The molecule has 1 fully saturated rings. The molecule has 3 rings (SSSR count). The smallest absolute Gasteiger partial charge is 0.323 e. The van der Waals surface area contributed by atoms with E-state index in [2.05, 4.69) is 15.2 Å². The van der Waals surface area contributed by atoms with Crippen molar-refractivity contribution in [3.05, 3.63) is 16.2 Å². The van der Waals surface area contributed by atoms with E-state index in [0.29, 0.717) is 11.2 Å². The molecule has 0 amide bonds. The molecule has 0 saturated carbocycles. The first-order valence-electron chi connectivity index (χ1n) is 7.14. The summed E-state index contributed by atoms with van der Waals surface area (Å²) in [5, 5.41) is 28.2. The standard InChI is InChI=1S/C13H17N5O4/c1-16(6-7-19)10-8-9(17-4-2-3-5-17)11-12(15-22-14-11)13(10)18(20)21/h8,19H,2-7H2,1H3. The monoisotopic (exact) mass is 307 g/mol. The van der Waals surface area contributed by atoms with Gasteiger partial charge in [0.1, 0.15) is 5.69 Å². The summed E-state index contributed by atoms with van der Waals surface area (Å²) in [6.07, 6.45) is 2.15. The second kappa shape index (κ2) is 5.76. The quantitative estimate of drug-likeness (QED) is 0.647. The van der Waals surface area contributed by atoms with Crippen molar-refractivity contribution in [2.75, 3.05) is 43.1 Å².